The smallest absolute Gasteiger partial charge is 0.345 e. The first-order valence-electron chi connectivity index (χ1n) is 7.73. The van der Waals surface area contributed by atoms with Gasteiger partial charge >= 0.3 is 12.0 Å². The molecule has 27 heavy (non-hydrogen) atoms. The Morgan fingerprint density at radius 1 is 1.07 bits per heavy atom. The summed E-state index contributed by atoms with van der Waals surface area (Å²) in [4.78, 5) is 23.4. The van der Waals surface area contributed by atoms with Crippen LogP contribution in [0, 0.1) is 0 Å². The molecule has 0 heterocycles. The average molecular weight is 402 g/mol. The molecule has 0 unspecified atom stereocenters. The number of hydrazone groups is 1. The molecule has 0 bridgehead atoms. The zero-order chi connectivity index (χ0) is 19.4. The second kappa shape index (κ2) is 8.07. The standard InChI is InChI=1S/C19H13Cl2N3O3/c20-12-6-7-14(16(21)9-12)18(25)27-17-8-5-11-3-1-2-4-13(11)15(17)10-23-24-19(22)26/h1-10H,(H3,22,24,26)/b23-10+. The van der Waals surface area contributed by atoms with Crippen LogP contribution in [0.25, 0.3) is 10.8 Å². The van der Waals surface area contributed by atoms with Crippen molar-refractivity contribution in [2.24, 2.45) is 10.8 Å². The summed E-state index contributed by atoms with van der Waals surface area (Å²) in [5, 5.41) is 6.05. The Morgan fingerprint density at radius 2 is 1.85 bits per heavy atom. The Morgan fingerprint density at radius 3 is 2.59 bits per heavy atom. The zero-order valence-corrected chi connectivity index (χ0v) is 15.3. The van der Waals surface area contributed by atoms with Gasteiger partial charge in [0.2, 0.25) is 0 Å². The van der Waals surface area contributed by atoms with Crippen molar-refractivity contribution >= 4 is 52.2 Å². The van der Waals surface area contributed by atoms with E-state index >= 15 is 0 Å². The van der Waals surface area contributed by atoms with Crippen LogP contribution in [0.5, 0.6) is 5.75 Å². The maximum Gasteiger partial charge on any atom is 0.345 e. The molecule has 0 aliphatic heterocycles. The van der Waals surface area contributed by atoms with Crippen molar-refractivity contribution in [2.45, 2.75) is 0 Å². The molecule has 0 aromatic heterocycles. The third kappa shape index (κ3) is 4.36. The average Bonchev–Trinajstić information content (AvgIpc) is 2.62. The van der Waals surface area contributed by atoms with E-state index in [0.717, 1.165) is 10.8 Å². The van der Waals surface area contributed by atoms with Gasteiger partial charge in [0, 0.05) is 10.6 Å². The Balaban J connectivity index is 2.01. The maximum absolute atomic E-state index is 12.5. The predicted octanol–water partition coefficient (Wildman–Crippen LogP) is 4.37. The van der Waals surface area contributed by atoms with Crippen molar-refractivity contribution in [3.63, 3.8) is 0 Å². The number of nitrogens with one attached hydrogen (secondary N) is 1. The Hall–Kier alpha value is -3.09. The largest absolute Gasteiger partial charge is 0.422 e. The summed E-state index contributed by atoms with van der Waals surface area (Å²) < 4.78 is 5.52. The number of esters is 1. The molecule has 136 valence electrons. The molecular weight excluding hydrogens is 389 g/mol. The Kier molecular flexibility index (Phi) is 5.59. The number of nitrogens with two attached hydrogens (primary N) is 1. The minimum atomic E-state index is -0.807. The number of primary amides is 1. The van der Waals surface area contributed by atoms with Crippen LogP contribution in [-0.4, -0.2) is 18.2 Å². The van der Waals surface area contributed by atoms with Gasteiger partial charge < -0.3 is 10.5 Å². The highest BCUT2D eigenvalue weighted by atomic mass is 35.5. The number of fused-ring (bicyclic) bond motifs is 1. The quantitative estimate of drug-likeness (QED) is 0.294. The van der Waals surface area contributed by atoms with Gasteiger partial charge in [0.1, 0.15) is 5.75 Å². The molecule has 3 aromatic rings. The number of amides is 2. The number of urea groups is 1. The molecule has 0 aliphatic rings. The highest BCUT2D eigenvalue weighted by Crippen LogP contribution is 2.29. The number of rotatable bonds is 4. The summed E-state index contributed by atoms with van der Waals surface area (Å²) in [6.07, 6.45) is 1.36. The van der Waals surface area contributed by atoms with E-state index in [1.165, 1.54) is 18.3 Å². The predicted molar refractivity (Wildman–Crippen MR) is 106 cm³/mol. The van der Waals surface area contributed by atoms with Crippen molar-refractivity contribution in [3.05, 3.63) is 75.8 Å². The van der Waals surface area contributed by atoms with E-state index in [1.54, 1.807) is 18.2 Å². The highest BCUT2D eigenvalue weighted by molar-refractivity contribution is 6.36. The van der Waals surface area contributed by atoms with E-state index in [2.05, 4.69) is 10.5 Å². The monoisotopic (exact) mass is 401 g/mol. The molecule has 2 amide bonds. The fraction of sp³-hybridized carbons (Fsp3) is 0. The fourth-order valence-electron chi connectivity index (χ4n) is 2.47. The van der Waals surface area contributed by atoms with E-state index < -0.39 is 12.0 Å². The minimum absolute atomic E-state index is 0.173. The van der Waals surface area contributed by atoms with Crippen LogP contribution in [-0.2, 0) is 0 Å². The number of hydrogen-bond donors (Lipinski definition) is 2. The second-order valence-electron chi connectivity index (χ2n) is 5.45. The van der Waals surface area contributed by atoms with Crippen LogP contribution >= 0.6 is 23.2 Å². The molecular formula is C19H13Cl2N3O3. The molecule has 0 spiro atoms. The molecule has 0 saturated heterocycles. The van der Waals surface area contributed by atoms with E-state index in [9.17, 15) is 9.59 Å². The van der Waals surface area contributed by atoms with Gasteiger partial charge in [0.05, 0.1) is 16.8 Å². The van der Waals surface area contributed by atoms with Gasteiger partial charge in [-0.15, -0.1) is 0 Å². The molecule has 6 nitrogen and oxygen atoms in total. The third-order valence-electron chi connectivity index (χ3n) is 3.65. The van der Waals surface area contributed by atoms with Crippen LogP contribution in [0.1, 0.15) is 15.9 Å². The van der Waals surface area contributed by atoms with Gasteiger partial charge in [-0.3, -0.25) is 0 Å². The molecule has 3 N–H and O–H groups in total. The summed E-state index contributed by atoms with van der Waals surface area (Å²) in [5.41, 5.74) is 7.81. The first-order chi connectivity index (χ1) is 13.0. The van der Waals surface area contributed by atoms with Gasteiger partial charge in [-0.2, -0.15) is 5.10 Å². The van der Waals surface area contributed by atoms with Crippen molar-refractivity contribution in [3.8, 4) is 5.75 Å². The normalized spacial score (nSPS) is 10.9. The lowest BCUT2D eigenvalue weighted by atomic mass is 10.0. The number of carbonyl (C=O) groups excluding carboxylic acids is 2. The van der Waals surface area contributed by atoms with Crippen molar-refractivity contribution < 1.29 is 14.3 Å². The van der Waals surface area contributed by atoms with Gasteiger partial charge in [-0.1, -0.05) is 53.5 Å². The molecule has 0 fully saturated rings. The summed E-state index contributed by atoms with van der Waals surface area (Å²) in [6, 6.07) is 14.6. The number of hydrogen-bond acceptors (Lipinski definition) is 4. The lowest BCUT2D eigenvalue weighted by molar-refractivity contribution is 0.0735. The molecule has 0 radical (unpaired) electrons. The number of ether oxygens (including phenoxy) is 1. The number of carbonyl (C=O) groups is 2. The van der Waals surface area contributed by atoms with Crippen LogP contribution in [0.3, 0.4) is 0 Å². The van der Waals surface area contributed by atoms with Gasteiger partial charge in [0.15, 0.2) is 0 Å². The van der Waals surface area contributed by atoms with Crippen LogP contribution in [0.4, 0.5) is 4.79 Å². The highest BCUT2D eigenvalue weighted by Gasteiger charge is 2.16. The van der Waals surface area contributed by atoms with Crippen molar-refractivity contribution in [1.82, 2.24) is 5.43 Å². The maximum atomic E-state index is 12.5. The number of nitrogens with zero attached hydrogens (tertiary/aromatic N) is 1. The summed E-state index contributed by atoms with van der Waals surface area (Å²) in [6.45, 7) is 0. The van der Waals surface area contributed by atoms with Crippen molar-refractivity contribution in [2.75, 3.05) is 0 Å². The SMILES string of the molecule is NC(=O)N/N=C/c1c(OC(=O)c2ccc(Cl)cc2Cl)ccc2ccccc12. The topological polar surface area (TPSA) is 93.8 Å². The van der Waals surface area contributed by atoms with Crippen LogP contribution in [0.15, 0.2) is 59.7 Å². The van der Waals surface area contributed by atoms with E-state index in [1.807, 2.05) is 24.3 Å². The molecule has 0 aliphatic carbocycles. The Bertz CT molecular complexity index is 1070. The first kappa shape index (κ1) is 18.7. The number of halogens is 2. The van der Waals surface area contributed by atoms with Gasteiger partial charge in [-0.25, -0.2) is 15.0 Å². The Labute approximate surface area is 164 Å². The first-order valence-corrected chi connectivity index (χ1v) is 8.49. The molecule has 0 saturated carbocycles. The van der Waals surface area contributed by atoms with Crippen molar-refractivity contribution in [1.29, 1.82) is 0 Å². The lowest BCUT2D eigenvalue weighted by Gasteiger charge is -2.11. The summed E-state index contributed by atoms with van der Waals surface area (Å²) >= 11 is 11.9. The van der Waals surface area contributed by atoms with Crippen LogP contribution in [0.2, 0.25) is 10.0 Å². The second-order valence-corrected chi connectivity index (χ2v) is 6.29. The molecule has 0 atom stereocenters. The van der Waals surface area contributed by atoms with E-state index in [4.69, 9.17) is 33.7 Å². The van der Waals surface area contributed by atoms with Gasteiger partial charge in [-0.05, 0) is 35.0 Å². The fourth-order valence-corrected chi connectivity index (χ4v) is 2.95. The lowest BCUT2D eigenvalue weighted by Crippen LogP contribution is -2.24. The minimum Gasteiger partial charge on any atom is -0.422 e. The third-order valence-corrected chi connectivity index (χ3v) is 4.20. The van der Waals surface area contributed by atoms with E-state index in [-0.39, 0.29) is 16.3 Å². The molecule has 3 aromatic carbocycles. The molecule has 8 heteroatoms. The number of benzene rings is 3. The van der Waals surface area contributed by atoms with Crippen LogP contribution < -0.4 is 15.9 Å². The van der Waals surface area contributed by atoms with E-state index in [0.29, 0.717) is 10.6 Å². The summed E-state index contributed by atoms with van der Waals surface area (Å²) in [5.74, 6) is -0.399. The zero-order valence-electron chi connectivity index (χ0n) is 13.8. The molecule has 3 rings (SSSR count). The summed E-state index contributed by atoms with van der Waals surface area (Å²) in [7, 11) is 0. The van der Waals surface area contributed by atoms with Gasteiger partial charge in [0.25, 0.3) is 0 Å².